The third-order valence-electron chi connectivity index (χ3n) is 7.73. The topological polar surface area (TPSA) is 66.5 Å². The first-order chi connectivity index (χ1) is 16.5. The number of imide groups is 1. The van der Waals surface area contributed by atoms with E-state index in [0.29, 0.717) is 22.9 Å². The molecule has 2 bridgehead atoms. The molecular formula is C28H23BrN2O3. The number of fused-ring (bicyclic) bond motifs is 5. The van der Waals surface area contributed by atoms with Crippen LogP contribution >= 0.6 is 15.9 Å². The van der Waals surface area contributed by atoms with Crippen LogP contribution in [0.15, 0.2) is 83.3 Å². The highest BCUT2D eigenvalue weighted by Gasteiger charge is 2.64. The van der Waals surface area contributed by atoms with Crippen molar-refractivity contribution in [2.45, 2.75) is 18.8 Å². The second kappa shape index (κ2) is 8.20. The van der Waals surface area contributed by atoms with Gasteiger partial charge in [0.2, 0.25) is 11.8 Å². The average molecular weight is 515 g/mol. The minimum absolute atomic E-state index is 0.0823. The summed E-state index contributed by atoms with van der Waals surface area (Å²) < 4.78 is 0.933. The number of nitrogens with one attached hydrogen (secondary N) is 1. The van der Waals surface area contributed by atoms with Crippen LogP contribution in [0.5, 0.6) is 0 Å². The Bertz CT molecular complexity index is 1270. The summed E-state index contributed by atoms with van der Waals surface area (Å²) in [4.78, 5) is 40.8. The summed E-state index contributed by atoms with van der Waals surface area (Å²) in [6.45, 7) is 0. The van der Waals surface area contributed by atoms with Crippen LogP contribution in [0.3, 0.4) is 0 Å². The van der Waals surface area contributed by atoms with Crippen LogP contribution < -0.4 is 10.2 Å². The molecule has 34 heavy (non-hydrogen) atoms. The summed E-state index contributed by atoms with van der Waals surface area (Å²) in [6.07, 6.45) is 1.92. The van der Waals surface area contributed by atoms with E-state index in [1.807, 2.05) is 42.5 Å². The second-order valence-corrected chi connectivity index (χ2v) is 10.4. The van der Waals surface area contributed by atoms with Gasteiger partial charge in [-0.3, -0.25) is 19.3 Å². The summed E-state index contributed by atoms with van der Waals surface area (Å²) in [7, 11) is 0. The molecule has 6 rings (SSSR count). The van der Waals surface area contributed by atoms with Crippen LogP contribution in [0.1, 0.15) is 34.7 Å². The summed E-state index contributed by atoms with van der Waals surface area (Å²) in [6, 6.07) is 24.4. The highest BCUT2D eigenvalue weighted by atomic mass is 79.9. The maximum atomic E-state index is 13.5. The fourth-order valence-corrected chi connectivity index (χ4v) is 6.56. The zero-order chi connectivity index (χ0) is 23.4. The number of hydrogen-bond acceptors (Lipinski definition) is 3. The van der Waals surface area contributed by atoms with E-state index in [-0.39, 0.29) is 41.4 Å². The predicted molar refractivity (Wildman–Crippen MR) is 133 cm³/mol. The first-order valence-corrected chi connectivity index (χ1v) is 12.4. The van der Waals surface area contributed by atoms with E-state index in [9.17, 15) is 14.4 Å². The largest absolute Gasteiger partial charge is 0.322 e. The van der Waals surface area contributed by atoms with Gasteiger partial charge in [-0.1, -0.05) is 46.3 Å². The molecule has 1 aliphatic heterocycles. The Kier molecular flexibility index (Phi) is 5.14. The minimum Gasteiger partial charge on any atom is -0.322 e. The molecule has 0 radical (unpaired) electrons. The lowest BCUT2D eigenvalue weighted by atomic mass is 9.73. The standard InChI is InChI=1S/C28H23BrN2O3/c29-19-8-10-20(11-9-19)30-26(32)17-6-12-21(13-7-17)31-27(33)24-18-14-22(16-4-2-1-3-5-16)23(15-18)25(24)28(31)34/h1-13,18,22-25H,14-15H2,(H,30,32)/t18-,22+,23+,24+,25-/m0/s1. The van der Waals surface area contributed by atoms with Crippen LogP contribution in [-0.4, -0.2) is 17.7 Å². The Morgan fingerprint density at radius 3 is 2.21 bits per heavy atom. The molecular weight excluding hydrogens is 492 g/mol. The van der Waals surface area contributed by atoms with Crippen molar-refractivity contribution >= 4 is 45.0 Å². The molecule has 5 atom stereocenters. The van der Waals surface area contributed by atoms with E-state index in [1.54, 1.807) is 24.3 Å². The quantitative estimate of drug-likeness (QED) is 0.458. The summed E-state index contributed by atoms with van der Waals surface area (Å²) in [5.41, 5.74) is 2.97. The molecule has 1 N–H and O–H groups in total. The van der Waals surface area contributed by atoms with E-state index >= 15 is 0 Å². The maximum Gasteiger partial charge on any atom is 0.255 e. The fraction of sp³-hybridized carbons (Fsp3) is 0.250. The van der Waals surface area contributed by atoms with Crippen molar-refractivity contribution in [2.24, 2.45) is 23.7 Å². The summed E-state index contributed by atoms with van der Waals surface area (Å²) in [5.74, 6) is -0.0410. The molecule has 1 heterocycles. The molecule has 2 saturated carbocycles. The zero-order valence-corrected chi connectivity index (χ0v) is 19.9. The normalized spacial score (nSPS) is 27.2. The first kappa shape index (κ1) is 21.3. The van der Waals surface area contributed by atoms with E-state index in [2.05, 4.69) is 33.4 Å². The van der Waals surface area contributed by atoms with Crippen molar-refractivity contribution in [2.75, 3.05) is 10.2 Å². The highest BCUT2D eigenvalue weighted by Crippen LogP contribution is 2.61. The van der Waals surface area contributed by atoms with Gasteiger partial charge < -0.3 is 5.32 Å². The number of benzene rings is 3. The molecule has 3 aromatic rings. The van der Waals surface area contributed by atoms with E-state index in [0.717, 1.165) is 17.3 Å². The van der Waals surface area contributed by atoms with Crippen molar-refractivity contribution in [1.29, 1.82) is 0 Å². The van der Waals surface area contributed by atoms with Crippen LogP contribution in [0, 0.1) is 23.7 Å². The van der Waals surface area contributed by atoms with Crippen molar-refractivity contribution in [3.05, 3.63) is 94.5 Å². The lowest BCUT2D eigenvalue weighted by Crippen LogP contribution is -2.33. The zero-order valence-electron chi connectivity index (χ0n) is 18.4. The number of carbonyl (C=O) groups excluding carboxylic acids is 3. The second-order valence-electron chi connectivity index (χ2n) is 9.48. The van der Waals surface area contributed by atoms with Gasteiger partial charge >= 0.3 is 0 Å². The molecule has 3 fully saturated rings. The highest BCUT2D eigenvalue weighted by molar-refractivity contribution is 9.10. The summed E-state index contributed by atoms with van der Waals surface area (Å²) in [5, 5.41) is 2.86. The van der Waals surface area contributed by atoms with Crippen LogP contribution in [0.4, 0.5) is 11.4 Å². The Morgan fingerprint density at radius 2 is 1.50 bits per heavy atom. The van der Waals surface area contributed by atoms with Crippen molar-refractivity contribution in [1.82, 2.24) is 0 Å². The van der Waals surface area contributed by atoms with Gasteiger partial charge in [-0.2, -0.15) is 0 Å². The van der Waals surface area contributed by atoms with Crippen molar-refractivity contribution < 1.29 is 14.4 Å². The lowest BCUT2D eigenvalue weighted by molar-refractivity contribution is -0.123. The predicted octanol–water partition coefficient (Wildman–Crippen LogP) is 5.63. The van der Waals surface area contributed by atoms with Gasteiger partial charge in [0.15, 0.2) is 0 Å². The number of rotatable bonds is 4. The first-order valence-electron chi connectivity index (χ1n) is 11.6. The van der Waals surface area contributed by atoms with Crippen LogP contribution in [0.25, 0.3) is 0 Å². The number of nitrogens with zero attached hydrogens (tertiary/aromatic N) is 1. The third-order valence-corrected chi connectivity index (χ3v) is 8.26. The molecule has 3 aliphatic rings. The molecule has 6 heteroatoms. The van der Waals surface area contributed by atoms with Crippen LogP contribution in [-0.2, 0) is 9.59 Å². The molecule has 1 saturated heterocycles. The molecule has 5 nitrogen and oxygen atoms in total. The van der Waals surface area contributed by atoms with Gasteiger partial charge in [0, 0.05) is 15.7 Å². The molecule has 3 aromatic carbocycles. The Morgan fingerprint density at radius 1 is 0.824 bits per heavy atom. The molecule has 0 aromatic heterocycles. The van der Waals surface area contributed by atoms with Gasteiger partial charge in [-0.05, 0) is 84.7 Å². The van der Waals surface area contributed by atoms with Crippen molar-refractivity contribution in [3.63, 3.8) is 0 Å². The van der Waals surface area contributed by atoms with Gasteiger partial charge in [0.25, 0.3) is 5.91 Å². The molecule has 2 aliphatic carbocycles. The van der Waals surface area contributed by atoms with Gasteiger partial charge in [0.1, 0.15) is 0 Å². The number of anilines is 2. The molecule has 3 amide bonds. The lowest BCUT2D eigenvalue weighted by Gasteiger charge is -2.28. The van der Waals surface area contributed by atoms with E-state index in [1.165, 1.54) is 10.5 Å². The number of hydrogen-bond donors (Lipinski definition) is 1. The monoisotopic (exact) mass is 514 g/mol. The maximum absolute atomic E-state index is 13.5. The number of carbonyl (C=O) groups is 3. The van der Waals surface area contributed by atoms with Gasteiger partial charge in [-0.15, -0.1) is 0 Å². The minimum atomic E-state index is -0.242. The Balaban J connectivity index is 1.20. The molecule has 170 valence electrons. The number of halogens is 1. The Labute approximate surface area is 206 Å². The molecule has 0 spiro atoms. The fourth-order valence-electron chi connectivity index (χ4n) is 6.30. The van der Waals surface area contributed by atoms with E-state index in [4.69, 9.17) is 0 Å². The van der Waals surface area contributed by atoms with E-state index < -0.39 is 0 Å². The smallest absolute Gasteiger partial charge is 0.255 e. The van der Waals surface area contributed by atoms with Crippen molar-refractivity contribution in [3.8, 4) is 0 Å². The van der Waals surface area contributed by atoms with Crippen LogP contribution in [0.2, 0.25) is 0 Å². The third kappa shape index (κ3) is 3.40. The van der Waals surface area contributed by atoms with Gasteiger partial charge in [0.05, 0.1) is 17.5 Å². The Hall–Kier alpha value is -3.25. The number of amides is 3. The SMILES string of the molecule is O=C(Nc1ccc(Br)cc1)c1ccc(N2C(=O)[C@@H]3[C@@H]4C[C@@H]([C@@H]3C2=O)[C@@H](c2ccccc2)C4)cc1. The summed E-state index contributed by atoms with van der Waals surface area (Å²) >= 11 is 3.38. The average Bonchev–Trinajstić information content (AvgIpc) is 3.52. The van der Waals surface area contributed by atoms with Gasteiger partial charge in [-0.25, -0.2) is 0 Å². The molecule has 0 unspecified atom stereocenters.